The Labute approximate surface area is 142 Å². The van der Waals surface area contributed by atoms with Crippen LogP contribution in [-0.2, 0) is 9.59 Å². The molecule has 5 atom stereocenters. The highest BCUT2D eigenvalue weighted by Gasteiger charge is 2.67. The van der Waals surface area contributed by atoms with Crippen LogP contribution in [0.1, 0.15) is 39.5 Å². The van der Waals surface area contributed by atoms with E-state index in [0.717, 1.165) is 25.8 Å². The number of likely N-dealkylation sites (tertiary alicyclic amines) is 1. The second-order valence-electron chi connectivity index (χ2n) is 8.93. The van der Waals surface area contributed by atoms with Crippen molar-refractivity contribution in [3.05, 3.63) is 0 Å². The molecule has 0 aromatic rings. The van der Waals surface area contributed by atoms with Gasteiger partial charge in [-0.2, -0.15) is 5.26 Å². The summed E-state index contributed by atoms with van der Waals surface area (Å²) in [5, 5.41) is 15.4. The summed E-state index contributed by atoms with van der Waals surface area (Å²) in [4.78, 5) is 26.9. The first-order chi connectivity index (χ1) is 11.3. The number of carbonyl (C=O) groups is 2. The Bertz CT molecular complexity index is 633. The zero-order valence-electron chi connectivity index (χ0n) is 14.6. The van der Waals surface area contributed by atoms with E-state index in [0.29, 0.717) is 18.3 Å². The average molecular weight is 330 g/mol. The minimum Gasteiger partial charge on any atom is -0.350 e. The van der Waals surface area contributed by atoms with Crippen LogP contribution in [0, 0.1) is 34.5 Å². The Kier molecular flexibility index (Phi) is 3.28. The lowest BCUT2D eigenvalue weighted by Gasteiger charge is -2.27. The molecule has 0 bridgehead atoms. The van der Waals surface area contributed by atoms with Gasteiger partial charge in [0.25, 0.3) is 0 Å². The molecule has 2 heterocycles. The van der Waals surface area contributed by atoms with Crippen LogP contribution in [0.25, 0.3) is 0 Å². The van der Waals surface area contributed by atoms with E-state index in [2.05, 4.69) is 35.5 Å². The van der Waals surface area contributed by atoms with Crippen molar-refractivity contribution in [2.45, 2.75) is 57.2 Å². The van der Waals surface area contributed by atoms with Gasteiger partial charge in [-0.25, -0.2) is 0 Å². The smallest absolute Gasteiger partial charge is 0.238 e. The maximum atomic E-state index is 12.7. The van der Waals surface area contributed by atoms with E-state index in [1.165, 1.54) is 0 Å². The molecule has 2 saturated carbocycles. The molecule has 6 nitrogen and oxygen atoms in total. The van der Waals surface area contributed by atoms with Crippen molar-refractivity contribution in [1.82, 2.24) is 15.5 Å². The number of hydrogen-bond acceptors (Lipinski definition) is 4. The monoisotopic (exact) mass is 330 g/mol. The van der Waals surface area contributed by atoms with Gasteiger partial charge in [-0.3, -0.25) is 14.5 Å². The Hall–Kier alpha value is -1.61. The lowest BCUT2D eigenvalue weighted by atomic mass is 9.95. The molecule has 1 spiro atoms. The van der Waals surface area contributed by atoms with Crippen molar-refractivity contribution in [3.8, 4) is 6.07 Å². The third-order valence-electron chi connectivity index (χ3n) is 6.95. The number of likely N-dealkylation sites (N-methyl/N-ethyl adjacent to an activating group) is 1. The first kappa shape index (κ1) is 15.9. The van der Waals surface area contributed by atoms with Crippen molar-refractivity contribution in [1.29, 1.82) is 5.26 Å². The van der Waals surface area contributed by atoms with Gasteiger partial charge in [0.2, 0.25) is 11.8 Å². The molecule has 6 heteroatoms. The van der Waals surface area contributed by atoms with Crippen LogP contribution in [-0.4, -0.2) is 47.9 Å². The fourth-order valence-electron chi connectivity index (χ4n) is 5.16. The number of fused-ring (bicyclic) bond motifs is 1. The van der Waals surface area contributed by atoms with Gasteiger partial charge in [-0.1, -0.05) is 13.8 Å². The van der Waals surface area contributed by atoms with Crippen molar-refractivity contribution >= 4 is 11.8 Å². The molecule has 130 valence electrons. The molecule has 4 fully saturated rings. The highest BCUT2D eigenvalue weighted by atomic mass is 16.2. The highest BCUT2D eigenvalue weighted by molar-refractivity contribution is 5.85. The second-order valence-corrected chi connectivity index (χ2v) is 8.93. The number of piperidine rings is 1. The van der Waals surface area contributed by atoms with Crippen molar-refractivity contribution in [3.63, 3.8) is 0 Å². The molecule has 24 heavy (non-hydrogen) atoms. The van der Waals surface area contributed by atoms with E-state index in [1.54, 1.807) is 0 Å². The molecule has 0 aromatic carbocycles. The Morgan fingerprint density at radius 2 is 2.21 bits per heavy atom. The molecular weight excluding hydrogens is 304 g/mol. The summed E-state index contributed by atoms with van der Waals surface area (Å²) < 4.78 is 0. The molecule has 2 aliphatic carbocycles. The largest absolute Gasteiger partial charge is 0.350 e. The number of nitriles is 1. The van der Waals surface area contributed by atoms with Gasteiger partial charge in [0.15, 0.2) is 0 Å². The topological polar surface area (TPSA) is 85.2 Å². The molecule has 2 N–H and O–H groups in total. The molecule has 0 aromatic heterocycles. The predicted octanol–water partition coefficient (Wildman–Crippen LogP) is 0.640. The van der Waals surface area contributed by atoms with E-state index in [-0.39, 0.29) is 34.7 Å². The van der Waals surface area contributed by atoms with E-state index in [1.807, 2.05) is 7.05 Å². The third-order valence-corrected chi connectivity index (χ3v) is 6.95. The van der Waals surface area contributed by atoms with Crippen LogP contribution in [0.5, 0.6) is 0 Å². The van der Waals surface area contributed by atoms with Crippen LogP contribution >= 0.6 is 0 Å². The Morgan fingerprint density at radius 3 is 2.75 bits per heavy atom. The molecule has 2 aliphatic heterocycles. The maximum absolute atomic E-state index is 12.7. The molecule has 4 rings (SSSR count). The van der Waals surface area contributed by atoms with E-state index in [4.69, 9.17) is 0 Å². The fourth-order valence-corrected chi connectivity index (χ4v) is 5.16. The lowest BCUT2D eigenvalue weighted by molar-refractivity contribution is -0.127. The number of nitrogens with one attached hydrogen (secondary N) is 2. The summed E-state index contributed by atoms with van der Waals surface area (Å²) in [7, 11) is 1.98. The number of nitrogens with zero attached hydrogens (tertiary/aromatic N) is 2. The van der Waals surface area contributed by atoms with Crippen molar-refractivity contribution < 1.29 is 9.59 Å². The standard InChI is InChI=1S/C18H26N4O2/c1-17(2)12-9-22(3)14(13(12)17)16(24)20-11(8-19)6-10-7-18(4-5-18)21-15(10)23/h10-14H,4-7,9H2,1-3H3,(H,20,24)(H,21,23)/t10-,11+,12+,13+,14+/m1/s1. The van der Waals surface area contributed by atoms with Gasteiger partial charge in [0.05, 0.1) is 12.1 Å². The highest BCUT2D eigenvalue weighted by Crippen LogP contribution is 2.64. The van der Waals surface area contributed by atoms with Gasteiger partial charge in [0.1, 0.15) is 6.04 Å². The quantitative estimate of drug-likeness (QED) is 0.792. The van der Waals surface area contributed by atoms with Crippen LogP contribution < -0.4 is 10.6 Å². The normalized spacial score (nSPS) is 39.0. The van der Waals surface area contributed by atoms with Crippen LogP contribution in [0.2, 0.25) is 0 Å². The molecular formula is C18H26N4O2. The summed E-state index contributed by atoms with van der Waals surface area (Å²) in [6.45, 7) is 5.38. The molecule has 0 unspecified atom stereocenters. The van der Waals surface area contributed by atoms with Gasteiger partial charge in [0, 0.05) is 18.0 Å². The number of rotatable bonds is 4. The zero-order chi connectivity index (χ0) is 17.3. The minimum atomic E-state index is -0.587. The van der Waals surface area contributed by atoms with E-state index >= 15 is 0 Å². The molecule has 2 amide bonds. The summed E-state index contributed by atoms with van der Waals surface area (Å²) in [6.07, 6.45) is 3.32. The molecule has 2 saturated heterocycles. The van der Waals surface area contributed by atoms with Crippen LogP contribution in [0.15, 0.2) is 0 Å². The summed E-state index contributed by atoms with van der Waals surface area (Å²) in [5.41, 5.74) is 0.239. The lowest BCUT2D eigenvalue weighted by Crippen LogP contribution is -2.49. The van der Waals surface area contributed by atoms with Crippen LogP contribution in [0.4, 0.5) is 0 Å². The van der Waals surface area contributed by atoms with Crippen molar-refractivity contribution in [2.75, 3.05) is 13.6 Å². The predicted molar refractivity (Wildman–Crippen MR) is 87.6 cm³/mol. The van der Waals surface area contributed by atoms with E-state index < -0.39 is 6.04 Å². The summed E-state index contributed by atoms with van der Waals surface area (Å²) >= 11 is 0. The summed E-state index contributed by atoms with van der Waals surface area (Å²) in [5.74, 6) is 0.800. The number of carbonyl (C=O) groups excluding carboxylic acids is 2. The van der Waals surface area contributed by atoms with Crippen molar-refractivity contribution in [2.24, 2.45) is 23.2 Å². The zero-order valence-corrected chi connectivity index (χ0v) is 14.6. The molecule has 0 radical (unpaired) electrons. The van der Waals surface area contributed by atoms with Gasteiger partial charge in [-0.05, 0) is 50.0 Å². The third kappa shape index (κ3) is 2.33. The van der Waals surface area contributed by atoms with Gasteiger partial charge in [-0.15, -0.1) is 0 Å². The van der Waals surface area contributed by atoms with Gasteiger partial charge >= 0.3 is 0 Å². The average Bonchev–Trinajstić information content (AvgIpc) is 3.24. The Balaban J connectivity index is 1.37. The van der Waals surface area contributed by atoms with Crippen LogP contribution in [0.3, 0.4) is 0 Å². The first-order valence-electron chi connectivity index (χ1n) is 9.00. The number of amides is 2. The summed E-state index contributed by atoms with van der Waals surface area (Å²) in [6, 6.07) is 1.45. The fraction of sp³-hybridized carbons (Fsp3) is 0.833. The van der Waals surface area contributed by atoms with E-state index in [9.17, 15) is 14.9 Å². The Morgan fingerprint density at radius 1 is 1.50 bits per heavy atom. The minimum absolute atomic E-state index is 0.0166. The second kappa shape index (κ2) is 4.95. The van der Waals surface area contributed by atoms with Gasteiger partial charge < -0.3 is 10.6 Å². The first-order valence-corrected chi connectivity index (χ1v) is 9.00. The maximum Gasteiger partial charge on any atom is 0.238 e. The number of hydrogen-bond donors (Lipinski definition) is 2. The molecule has 4 aliphatic rings. The SMILES string of the molecule is CN1C[C@H]2[C@@H]([C@H]1C(=O)N[C@H](C#N)C[C@@H]1CC3(CC3)NC1=O)C2(C)C.